The summed E-state index contributed by atoms with van der Waals surface area (Å²) in [6.07, 6.45) is -12.9. The van der Waals surface area contributed by atoms with Gasteiger partial charge in [0.2, 0.25) is 0 Å². The maximum Gasteiger partial charge on any atom is 0.345 e. The zero-order chi connectivity index (χ0) is 16.7. The van der Waals surface area contributed by atoms with E-state index in [1.54, 1.807) is 0 Å². The van der Waals surface area contributed by atoms with Crippen molar-refractivity contribution in [3.05, 3.63) is 0 Å². The molecule has 0 unspecified atom stereocenters. The van der Waals surface area contributed by atoms with Crippen LogP contribution in [-0.2, 0) is 14.3 Å². The summed E-state index contributed by atoms with van der Waals surface area (Å²) >= 11 is 0. The van der Waals surface area contributed by atoms with E-state index in [4.69, 9.17) is 20.4 Å². The number of aliphatic hydroxyl groups excluding tert-OH is 8. The van der Waals surface area contributed by atoms with Gasteiger partial charge in [-0.2, -0.15) is 0 Å². The van der Waals surface area contributed by atoms with Crippen molar-refractivity contribution in [2.75, 3.05) is 13.2 Å². The Kier molecular flexibility index (Phi) is 8.46. The summed E-state index contributed by atoms with van der Waals surface area (Å²) in [5, 5.41) is 71.8. The van der Waals surface area contributed by atoms with Crippen molar-refractivity contribution in [3.63, 3.8) is 0 Å². The van der Waals surface area contributed by atoms with Crippen LogP contribution >= 0.6 is 0 Å². The van der Waals surface area contributed by atoms with Gasteiger partial charge in [-0.15, -0.1) is 0 Å². The number of ether oxygens (including phenoxy) is 1. The lowest BCUT2D eigenvalue weighted by Crippen LogP contribution is -2.48. The van der Waals surface area contributed by atoms with Gasteiger partial charge in [-0.3, -0.25) is 0 Å². The summed E-state index contributed by atoms with van der Waals surface area (Å²) < 4.78 is 3.92. The Bertz CT molecular complexity index is 314. The van der Waals surface area contributed by atoms with Crippen molar-refractivity contribution in [1.29, 1.82) is 0 Å². The number of hydrogen-bond donors (Lipinski definition) is 8. The predicted molar refractivity (Wildman–Crippen MR) is 61.3 cm³/mol. The van der Waals surface area contributed by atoms with E-state index >= 15 is 0 Å². The second-order valence-corrected chi connectivity index (χ2v) is 4.11. The Morgan fingerprint density at radius 2 is 1.00 bits per heavy atom. The topological polar surface area (TPSA) is 205 Å². The van der Waals surface area contributed by atoms with Crippen LogP contribution in [0.4, 0.5) is 0 Å². The van der Waals surface area contributed by atoms with Crippen molar-refractivity contribution >= 4 is 11.9 Å². The highest BCUT2D eigenvalue weighted by Gasteiger charge is 2.36. The fraction of sp³-hybridized carbons (Fsp3) is 0.800. The lowest BCUT2D eigenvalue weighted by atomic mass is 10.1. The summed E-state index contributed by atoms with van der Waals surface area (Å²) in [4.78, 5) is 22.5. The van der Waals surface area contributed by atoms with Crippen LogP contribution < -0.4 is 0 Å². The predicted octanol–water partition coefficient (Wildman–Crippen LogP) is -5.79. The van der Waals surface area contributed by atoms with E-state index in [1.165, 1.54) is 0 Å². The molecule has 0 radical (unpaired) electrons. The van der Waals surface area contributed by atoms with Crippen LogP contribution in [0, 0.1) is 0 Å². The number of hydrogen-bond acceptors (Lipinski definition) is 11. The molecule has 0 aliphatic rings. The number of rotatable bonds is 8. The number of carbonyl (C=O) groups excluding carboxylic acids is 2. The molecule has 0 aliphatic heterocycles. The number of esters is 2. The fourth-order valence-corrected chi connectivity index (χ4v) is 1.14. The average molecular weight is 314 g/mol. The first kappa shape index (κ1) is 19.8. The summed E-state index contributed by atoms with van der Waals surface area (Å²) in [5.74, 6) is -3.52. The van der Waals surface area contributed by atoms with Gasteiger partial charge in [-0.1, -0.05) is 0 Å². The van der Waals surface area contributed by atoms with Crippen LogP contribution in [0.5, 0.6) is 0 Å². The van der Waals surface area contributed by atoms with Gasteiger partial charge in [0.25, 0.3) is 0 Å². The first-order chi connectivity index (χ1) is 9.67. The van der Waals surface area contributed by atoms with Gasteiger partial charge in [0.1, 0.15) is 24.4 Å². The van der Waals surface area contributed by atoms with Crippen LogP contribution in [0.15, 0.2) is 0 Å². The molecule has 11 heteroatoms. The Balaban J connectivity index is 4.60. The third-order valence-electron chi connectivity index (χ3n) is 2.49. The monoisotopic (exact) mass is 314 g/mol. The van der Waals surface area contributed by atoms with Gasteiger partial charge in [-0.05, 0) is 0 Å². The van der Waals surface area contributed by atoms with Crippen molar-refractivity contribution in [2.24, 2.45) is 0 Å². The molecular weight excluding hydrogens is 296 g/mol. The van der Waals surface area contributed by atoms with E-state index in [-0.39, 0.29) is 0 Å². The van der Waals surface area contributed by atoms with Crippen LogP contribution in [0.2, 0.25) is 0 Å². The lowest BCUT2D eigenvalue weighted by Gasteiger charge is -2.22. The third kappa shape index (κ3) is 5.61. The van der Waals surface area contributed by atoms with Crippen molar-refractivity contribution in [2.45, 2.75) is 36.6 Å². The molecule has 0 aromatic heterocycles. The van der Waals surface area contributed by atoms with Crippen LogP contribution in [-0.4, -0.2) is 103 Å². The van der Waals surface area contributed by atoms with Gasteiger partial charge < -0.3 is 45.6 Å². The van der Waals surface area contributed by atoms with E-state index in [2.05, 4.69) is 4.74 Å². The largest absolute Gasteiger partial charge is 0.394 e. The third-order valence-corrected chi connectivity index (χ3v) is 2.49. The van der Waals surface area contributed by atoms with E-state index in [1.807, 2.05) is 0 Å². The van der Waals surface area contributed by atoms with Crippen molar-refractivity contribution < 1.29 is 55.2 Å². The Hall–Kier alpha value is -1.18. The first-order valence-electron chi connectivity index (χ1n) is 5.73. The average Bonchev–Trinajstić information content (AvgIpc) is 2.49. The Morgan fingerprint density at radius 1 is 0.714 bits per heavy atom. The fourth-order valence-electron chi connectivity index (χ4n) is 1.14. The second-order valence-electron chi connectivity index (χ2n) is 4.11. The van der Waals surface area contributed by atoms with Gasteiger partial charge in [-0.25, -0.2) is 9.59 Å². The lowest BCUT2D eigenvalue weighted by molar-refractivity contribution is -0.183. The molecule has 0 rings (SSSR count). The standard InChI is InChI=1S/C10H18O11/c11-1-3(13)5(15)7(17)9(19)21-10(20)8(18)6(16)4(14)2-12/h3-8,11-18H,1-2H2/t3-,4-,5-,6-,7-,8-/m1/s1. The van der Waals surface area contributed by atoms with E-state index in [0.29, 0.717) is 0 Å². The Labute approximate surface area is 118 Å². The minimum absolute atomic E-state index is 0.983. The molecular formula is C10H18O11. The maximum atomic E-state index is 11.2. The van der Waals surface area contributed by atoms with Crippen LogP contribution in [0.1, 0.15) is 0 Å². The minimum atomic E-state index is -2.40. The molecule has 0 amide bonds. The molecule has 8 N–H and O–H groups in total. The highest BCUT2D eigenvalue weighted by molar-refractivity contribution is 5.90. The molecule has 0 bridgehead atoms. The summed E-state index contributed by atoms with van der Waals surface area (Å²) in [7, 11) is 0. The second kappa shape index (κ2) is 8.96. The Morgan fingerprint density at radius 3 is 1.24 bits per heavy atom. The summed E-state index contributed by atoms with van der Waals surface area (Å²) in [5.41, 5.74) is 0. The summed E-state index contributed by atoms with van der Waals surface area (Å²) in [6, 6.07) is 0. The van der Waals surface area contributed by atoms with E-state index in [0.717, 1.165) is 0 Å². The quantitative estimate of drug-likeness (QED) is 0.156. The maximum absolute atomic E-state index is 11.2. The molecule has 0 aromatic carbocycles. The SMILES string of the molecule is O=C(OC(=O)[C@H](O)[C@H](O)[C@H](O)CO)[C@H](O)[C@H](O)[C@H](O)CO. The molecule has 0 heterocycles. The van der Waals surface area contributed by atoms with Gasteiger partial charge in [0.15, 0.2) is 12.2 Å². The molecule has 0 spiro atoms. The minimum Gasteiger partial charge on any atom is -0.394 e. The summed E-state index contributed by atoms with van der Waals surface area (Å²) in [6.45, 7) is -1.97. The molecule has 0 fully saturated rings. The molecule has 11 nitrogen and oxygen atoms in total. The highest BCUT2D eigenvalue weighted by atomic mass is 16.6. The zero-order valence-electron chi connectivity index (χ0n) is 10.7. The van der Waals surface area contributed by atoms with Crippen molar-refractivity contribution in [1.82, 2.24) is 0 Å². The number of aliphatic hydroxyl groups is 8. The molecule has 124 valence electrons. The van der Waals surface area contributed by atoms with E-state index < -0.39 is 61.8 Å². The molecule has 0 saturated carbocycles. The van der Waals surface area contributed by atoms with Crippen molar-refractivity contribution in [3.8, 4) is 0 Å². The highest BCUT2D eigenvalue weighted by Crippen LogP contribution is 2.06. The van der Waals surface area contributed by atoms with E-state index in [9.17, 15) is 30.0 Å². The molecule has 0 aromatic rings. The first-order valence-corrected chi connectivity index (χ1v) is 5.73. The normalized spacial score (nSPS) is 20.0. The van der Waals surface area contributed by atoms with Gasteiger partial charge in [0, 0.05) is 0 Å². The van der Waals surface area contributed by atoms with Gasteiger partial charge >= 0.3 is 11.9 Å². The van der Waals surface area contributed by atoms with Gasteiger partial charge in [0.05, 0.1) is 13.2 Å². The van der Waals surface area contributed by atoms with Crippen LogP contribution in [0.3, 0.4) is 0 Å². The zero-order valence-corrected chi connectivity index (χ0v) is 10.7. The molecule has 0 aliphatic carbocycles. The molecule has 6 atom stereocenters. The molecule has 0 saturated heterocycles. The molecule has 21 heavy (non-hydrogen) atoms. The smallest absolute Gasteiger partial charge is 0.345 e. The number of carbonyl (C=O) groups is 2. The van der Waals surface area contributed by atoms with Crippen LogP contribution in [0.25, 0.3) is 0 Å².